The maximum absolute atomic E-state index is 10.9. The van der Waals surface area contributed by atoms with Gasteiger partial charge in [-0.15, -0.1) is 0 Å². The zero-order valence-electron chi connectivity index (χ0n) is 7.71. The topological polar surface area (TPSA) is 93.3 Å². The minimum atomic E-state index is -0.913. The van der Waals surface area contributed by atoms with E-state index in [1.54, 1.807) is 0 Å². The number of rotatable bonds is 3. The molecule has 1 fully saturated rings. The molecule has 6 nitrogen and oxygen atoms in total. The molecule has 1 N–H and O–H groups in total. The minimum absolute atomic E-state index is 0.125. The molecule has 1 aliphatic rings. The molecule has 1 aromatic heterocycles. The molecule has 0 unspecified atom stereocenters. The van der Waals surface area contributed by atoms with Crippen LogP contribution < -0.4 is 0 Å². The third-order valence-corrected chi connectivity index (χ3v) is 2.61. The van der Waals surface area contributed by atoms with Crippen LogP contribution in [0.2, 0.25) is 0 Å². The van der Waals surface area contributed by atoms with Gasteiger partial charge in [-0.2, -0.15) is 0 Å². The molecular formula is C9H8N2O4. The Labute approximate surface area is 84.7 Å². The maximum atomic E-state index is 10.9. The zero-order chi connectivity index (χ0) is 11.1. The molecule has 0 saturated heterocycles. The summed E-state index contributed by atoms with van der Waals surface area (Å²) in [6.07, 6.45) is 2.19. The number of carboxylic acid groups (broad SMARTS) is 1. The second kappa shape index (κ2) is 3.01. The summed E-state index contributed by atoms with van der Waals surface area (Å²) in [4.78, 5) is 24.6. The van der Waals surface area contributed by atoms with Crippen molar-refractivity contribution in [2.45, 2.75) is 18.3 Å². The first-order valence-corrected chi connectivity index (χ1v) is 4.40. The molecule has 0 radical (unpaired) electrons. The predicted octanol–water partition coefficient (Wildman–Crippen LogP) is 1.11. The Balaban J connectivity index is 2.32. The van der Waals surface area contributed by atoms with E-state index in [-0.39, 0.29) is 5.69 Å². The highest BCUT2D eigenvalue weighted by Gasteiger charge is 2.53. The Hall–Kier alpha value is -1.98. The zero-order valence-corrected chi connectivity index (χ0v) is 7.71. The molecule has 6 heteroatoms. The standard InChI is InChI=1S/C9H8N2O4/c12-8(13)9(3-4-9)7-2-1-6(5-10-7)11(14)15/h1-2,5H,3-4H2,(H,12,13). The fourth-order valence-electron chi connectivity index (χ4n) is 1.48. The summed E-state index contributed by atoms with van der Waals surface area (Å²) in [7, 11) is 0. The summed E-state index contributed by atoms with van der Waals surface area (Å²) >= 11 is 0. The summed E-state index contributed by atoms with van der Waals surface area (Å²) in [5, 5.41) is 19.3. The molecule has 1 aromatic rings. The molecule has 0 aliphatic heterocycles. The van der Waals surface area contributed by atoms with Crippen molar-refractivity contribution in [1.29, 1.82) is 0 Å². The van der Waals surface area contributed by atoms with Crippen molar-refractivity contribution in [1.82, 2.24) is 4.98 Å². The molecule has 0 bridgehead atoms. The second-order valence-electron chi connectivity index (χ2n) is 3.55. The number of carboxylic acids is 1. The number of hydrogen-bond donors (Lipinski definition) is 1. The van der Waals surface area contributed by atoms with Gasteiger partial charge < -0.3 is 5.11 Å². The first-order chi connectivity index (χ1) is 7.06. The van der Waals surface area contributed by atoms with Crippen LogP contribution in [-0.4, -0.2) is 21.0 Å². The van der Waals surface area contributed by atoms with Gasteiger partial charge in [0.2, 0.25) is 0 Å². The minimum Gasteiger partial charge on any atom is -0.481 e. The quantitative estimate of drug-likeness (QED) is 0.593. The van der Waals surface area contributed by atoms with Crippen molar-refractivity contribution >= 4 is 11.7 Å². The number of nitrogens with zero attached hydrogens (tertiary/aromatic N) is 2. The number of hydrogen-bond acceptors (Lipinski definition) is 4. The molecule has 0 aromatic carbocycles. The highest BCUT2D eigenvalue weighted by Crippen LogP contribution is 2.47. The van der Waals surface area contributed by atoms with Gasteiger partial charge in [0.1, 0.15) is 11.6 Å². The van der Waals surface area contributed by atoms with Crippen LogP contribution in [0.4, 0.5) is 5.69 Å². The van der Waals surface area contributed by atoms with Gasteiger partial charge in [0.25, 0.3) is 5.69 Å². The molecule has 15 heavy (non-hydrogen) atoms. The Morgan fingerprint density at radius 2 is 2.20 bits per heavy atom. The van der Waals surface area contributed by atoms with Gasteiger partial charge in [-0.25, -0.2) is 0 Å². The van der Waals surface area contributed by atoms with E-state index in [0.29, 0.717) is 18.5 Å². The van der Waals surface area contributed by atoms with Crippen molar-refractivity contribution in [3.63, 3.8) is 0 Å². The van der Waals surface area contributed by atoms with Gasteiger partial charge in [-0.1, -0.05) is 0 Å². The number of pyridine rings is 1. The largest absolute Gasteiger partial charge is 0.481 e. The SMILES string of the molecule is O=C(O)C1(c2ccc([N+](=O)[O-])cn2)CC1. The fourth-order valence-corrected chi connectivity index (χ4v) is 1.48. The second-order valence-corrected chi connectivity index (χ2v) is 3.55. The van der Waals surface area contributed by atoms with Crippen molar-refractivity contribution < 1.29 is 14.8 Å². The smallest absolute Gasteiger partial charge is 0.315 e. The van der Waals surface area contributed by atoms with E-state index >= 15 is 0 Å². The number of aromatic nitrogens is 1. The highest BCUT2D eigenvalue weighted by molar-refractivity contribution is 5.84. The van der Waals surface area contributed by atoms with Crippen molar-refractivity contribution in [2.24, 2.45) is 0 Å². The lowest BCUT2D eigenvalue weighted by atomic mass is 10.0. The van der Waals surface area contributed by atoms with Gasteiger partial charge in [-0.05, 0) is 18.9 Å². The molecule has 2 rings (SSSR count). The fraction of sp³-hybridized carbons (Fsp3) is 0.333. The third-order valence-electron chi connectivity index (χ3n) is 2.61. The van der Waals surface area contributed by atoms with E-state index in [9.17, 15) is 14.9 Å². The summed E-state index contributed by atoms with van der Waals surface area (Å²) in [6.45, 7) is 0. The van der Waals surface area contributed by atoms with Crippen LogP contribution in [0.5, 0.6) is 0 Å². The summed E-state index contributed by atoms with van der Waals surface area (Å²) in [6, 6.07) is 2.70. The number of aliphatic carboxylic acids is 1. The van der Waals surface area contributed by atoms with Gasteiger partial charge in [0.15, 0.2) is 0 Å². The van der Waals surface area contributed by atoms with Crippen LogP contribution in [-0.2, 0) is 10.2 Å². The Kier molecular flexibility index (Phi) is 1.92. The van der Waals surface area contributed by atoms with E-state index < -0.39 is 16.3 Å². The first-order valence-electron chi connectivity index (χ1n) is 4.40. The highest BCUT2D eigenvalue weighted by atomic mass is 16.6. The average Bonchev–Trinajstić information content (AvgIpc) is 2.98. The van der Waals surface area contributed by atoms with Crippen LogP contribution in [0.15, 0.2) is 18.3 Å². The molecule has 0 spiro atoms. The van der Waals surface area contributed by atoms with Crippen LogP contribution in [0.3, 0.4) is 0 Å². The van der Waals surface area contributed by atoms with Crippen LogP contribution in [0.25, 0.3) is 0 Å². The maximum Gasteiger partial charge on any atom is 0.315 e. The Bertz CT molecular complexity index is 422. The molecule has 0 amide bonds. The molecule has 1 heterocycles. The van der Waals surface area contributed by atoms with Gasteiger partial charge >= 0.3 is 5.97 Å². The molecule has 78 valence electrons. The van der Waals surface area contributed by atoms with Crippen molar-refractivity contribution in [3.05, 3.63) is 34.1 Å². The Morgan fingerprint density at radius 3 is 2.53 bits per heavy atom. The number of carbonyl (C=O) groups is 1. The van der Waals surface area contributed by atoms with E-state index in [0.717, 1.165) is 6.20 Å². The van der Waals surface area contributed by atoms with Crippen LogP contribution in [0.1, 0.15) is 18.5 Å². The molecule has 1 saturated carbocycles. The van der Waals surface area contributed by atoms with Crippen LogP contribution >= 0.6 is 0 Å². The Morgan fingerprint density at radius 1 is 1.53 bits per heavy atom. The van der Waals surface area contributed by atoms with E-state index in [2.05, 4.69) is 4.98 Å². The average molecular weight is 208 g/mol. The van der Waals surface area contributed by atoms with Crippen molar-refractivity contribution in [3.8, 4) is 0 Å². The lowest BCUT2D eigenvalue weighted by Gasteiger charge is -2.07. The molecule has 0 atom stereocenters. The summed E-state index contributed by atoms with van der Waals surface area (Å²) in [5.41, 5.74) is -0.615. The number of nitro groups is 1. The lowest BCUT2D eigenvalue weighted by molar-refractivity contribution is -0.385. The first kappa shape index (κ1) is 9.57. The third kappa shape index (κ3) is 1.43. The van der Waals surface area contributed by atoms with E-state index in [1.807, 2.05) is 0 Å². The molecule has 1 aliphatic carbocycles. The normalized spacial score (nSPS) is 17.1. The van der Waals surface area contributed by atoms with Gasteiger partial charge in [0, 0.05) is 6.07 Å². The van der Waals surface area contributed by atoms with Gasteiger partial charge in [-0.3, -0.25) is 19.9 Å². The van der Waals surface area contributed by atoms with E-state index in [4.69, 9.17) is 5.11 Å². The summed E-state index contributed by atoms with van der Waals surface area (Å²) < 4.78 is 0. The van der Waals surface area contributed by atoms with Crippen LogP contribution in [0, 0.1) is 10.1 Å². The summed E-state index contributed by atoms with van der Waals surface area (Å²) in [5.74, 6) is -0.913. The van der Waals surface area contributed by atoms with Crippen molar-refractivity contribution in [2.75, 3.05) is 0 Å². The predicted molar refractivity (Wildman–Crippen MR) is 49.4 cm³/mol. The lowest BCUT2D eigenvalue weighted by Crippen LogP contribution is -2.20. The molecular weight excluding hydrogens is 200 g/mol. The van der Waals surface area contributed by atoms with E-state index in [1.165, 1.54) is 12.1 Å². The monoisotopic (exact) mass is 208 g/mol. The van der Waals surface area contributed by atoms with Gasteiger partial charge in [0.05, 0.1) is 10.6 Å².